The van der Waals surface area contributed by atoms with E-state index in [1.54, 1.807) is 48.5 Å². The normalized spacial score (nSPS) is 10.1. The zero-order valence-electron chi connectivity index (χ0n) is 17.6. The van der Waals surface area contributed by atoms with Crippen molar-refractivity contribution in [3.63, 3.8) is 0 Å². The van der Waals surface area contributed by atoms with Crippen LogP contribution in [0.3, 0.4) is 0 Å². The minimum atomic E-state index is -0.419. The number of carbonyl (C=O) groups is 3. The molecule has 7 nitrogen and oxygen atoms in total. The van der Waals surface area contributed by atoms with Gasteiger partial charge in [-0.15, -0.1) is 0 Å². The van der Waals surface area contributed by atoms with Gasteiger partial charge < -0.3 is 10.6 Å². The van der Waals surface area contributed by atoms with Crippen molar-refractivity contribution in [3.8, 4) is 0 Å². The van der Waals surface area contributed by atoms with E-state index in [2.05, 4.69) is 28.4 Å². The number of hydrogen-bond acceptors (Lipinski definition) is 4. The summed E-state index contributed by atoms with van der Waals surface area (Å²) in [7, 11) is 0. The van der Waals surface area contributed by atoms with Gasteiger partial charge in [-0.1, -0.05) is 50.8 Å². The molecule has 0 atom stereocenters. The van der Waals surface area contributed by atoms with Crippen LogP contribution in [0.1, 0.15) is 66.2 Å². The summed E-state index contributed by atoms with van der Waals surface area (Å²) in [4.78, 5) is 36.2. The van der Waals surface area contributed by atoms with E-state index in [0.717, 1.165) is 25.7 Å². The molecule has 31 heavy (non-hydrogen) atoms. The van der Waals surface area contributed by atoms with Crippen molar-refractivity contribution in [2.45, 2.75) is 45.4 Å². The van der Waals surface area contributed by atoms with Gasteiger partial charge >= 0.3 is 0 Å². The van der Waals surface area contributed by atoms with Gasteiger partial charge in [-0.3, -0.25) is 25.2 Å². The minimum Gasteiger partial charge on any atom is -0.322 e. The Morgan fingerprint density at radius 3 is 2.10 bits per heavy atom. The summed E-state index contributed by atoms with van der Waals surface area (Å²) >= 11 is 5.03. The van der Waals surface area contributed by atoms with Gasteiger partial charge in [0.2, 0.25) is 5.91 Å². The molecule has 0 aromatic heterocycles. The minimum absolute atomic E-state index is 0.0404. The van der Waals surface area contributed by atoms with Crippen LogP contribution in [-0.2, 0) is 4.79 Å². The first-order chi connectivity index (χ1) is 15.0. The smallest absolute Gasteiger partial charge is 0.269 e. The van der Waals surface area contributed by atoms with Gasteiger partial charge in [0.25, 0.3) is 11.8 Å². The third kappa shape index (κ3) is 8.96. The van der Waals surface area contributed by atoms with Gasteiger partial charge in [0, 0.05) is 23.2 Å². The number of unbranched alkanes of at least 4 members (excludes halogenated alkanes) is 4. The third-order valence-electron chi connectivity index (χ3n) is 4.49. The Morgan fingerprint density at radius 2 is 1.42 bits per heavy atom. The van der Waals surface area contributed by atoms with E-state index in [4.69, 9.17) is 12.2 Å². The molecule has 164 valence electrons. The number of hydrogen-bond donors (Lipinski definition) is 4. The molecule has 8 heteroatoms. The van der Waals surface area contributed by atoms with Gasteiger partial charge in [-0.25, -0.2) is 0 Å². The topological polar surface area (TPSA) is 99.3 Å². The fourth-order valence-electron chi connectivity index (χ4n) is 2.79. The lowest BCUT2D eigenvalue weighted by Gasteiger charge is -2.11. The average Bonchev–Trinajstić information content (AvgIpc) is 2.78. The molecule has 0 radical (unpaired) electrons. The van der Waals surface area contributed by atoms with Crippen LogP contribution in [0.25, 0.3) is 0 Å². The van der Waals surface area contributed by atoms with Crippen LogP contribution in [0.2, 0.25) is 0 Å². The highest BCUT2D eigenvalue weighted by molar-refractivity contribution is 7.80. The van der Waals surface area contributed by atoms with Gasteiger partial charge in [0.05, 0.1) is 0 Å². The van der Waals surface area contributed by atoms with Crippen LogP contribution in [0.4, 0.5) is 5.69 Å². The number of nitrogens with one attached hydrogen (secondary N) is 4. The first-order valence-electron chi connectivity index (χ1n) is 10.4. The molecule has 3 amide bonds. The standard InChI is InChI=1S/C23H28N4O3S/c1-2-3-4-5-9-12-20(28)25-23(31)27-26-22(30)18-13-15-19(16-14-18)24-21(29)17-10-7-6-8-11-17/h6-8,10-11,13-16H,2-5,9,12H2,1H3,(H,24,29)(H,26,30)(H2,25,27,28,31). The summed E-state index contributed by atoms with van der Waals surface area (Å²) < 4.78 is 0. The van der Waals surface area contributed by atoms with Gasteiger partial charge in [-0.2, -0.15) is 0 Å². The molecule has 2 rings (SSSR count). The lowest BCUT2D eigenvalue weighted by molar-refractivity contribution is -0.119. The highest BCUT2D eigenvalue weighted by atomic mass is 32.1. The van der Waals surface area contributed by atoms with Crippen molar-refractivity contribution < 1.29 is 14.4 Å². The molecule has 2 aromatic carbocycles. The van der Waals surface area contributed by atoms with Crippen molar-refractivity contribution in [2.24, 2.45) is 0 Å². The molecular formula is C23H28N4O3S. The molecule has 0 bridgehead atoms. The van der Waals surface area contributed by atoms with Crippen LogP contribution in [0.5, 0.6) is 0 Å². The maximum atomic E-state index is 12.2. The summed E-state index contributed by atoms with van der Waals surface area (Å²) in [6, 6.07) is 15.3. The van der Waals surface area contributed by atoms with Crippen molar-refractivity contribution in [2.75, 3.05) is 5.32 Å². The van der Waals surface area contributed by atoms with Crippen molar-refractivity contribution >= 4 is 40.7 Å². The van der Waals surface area contributed by atoms with Gasteiger partial charge in [0.15, 0.2) is 5.11 Å². The second-order valence-corrected chi connectivity index (χ2v) is 7.43. The van der Waals surface area contributed by atoms with Crippen LogP contribution in [0.15, 0.2) is 54.6 Å². The summed E-state index contributed by atoms with van der Waals surface area (Å²) in [6.45, 7) is 2.14. The molecule has 0 unspecified atom stereocenters. The number of anilines is 1. The first kappa shape index (κ1) is 24.0. The number of rotatable bonds is 9. The van der Waals surface area contributed by atoms with Crippen molar-refractivity contribution in [1.29, 1.82) is 0 Å². The van der Waals surface area contributed by atoms with Gasteiger partial charge in [0.1, 0.15) is 0 Å². The van der Waals surface area contributed by atoms with Crippen LogP contribution < -0.4 is 21.5 Å². The first-order valence-corrected chi connectivity index (χ1v) is 10.8. The highest BCUT2D eigenvalue weighted by Gasteiger charge is 2.09. The van der Waals surface area contributed by atoms with E-state index in [9.17, 15) is 14.4 Å². The van der Waals surface area contributed by atoms with Crippen LogP contribution in [0, 0.1) is 0 Å². The second kappa shape index (κ2) is 13.1. The summed E-state index contributed by atoms with van der Waals surface area (Å²) in [5.41, 5.74) is 6.45. The average molecular weight is 441 g/mol. The summed E-state index contributed by atoms with van der Waals surface area (Å²) in [5, 5.41) is 5.35. The SMILES string of the molecule is CCCCCCCC(=O)NC(=S)NNC(=O)c1ccc(NC(=O)c2ccccc2)cc1. The van der Waals surface area contributed by atoms with Crippen LogP contribution >= 0.6 is 12.2 Å². The van der Waals surface area contributed by atoms with E-state index < -0.39 is 5.91 Å². The quantitative estimate of drug-likeness (QED) is 0.269. The van der Waals surface area contributed by atoms with E-state index in [-0.39, 0.29) is 16.9 Å². The molecule has 0 fully saturated rings. The zero-order chi connectivity index (χ0) is 22.5. The van der Waals surface area contributed by atoms with Gasteiger partial charge in [-0.05, 0) is 55.0 Å². The molecular weight excluding hydrogens is 412 g/mol. The van der Waals surface area contributed by atoms with E-state index >= 15 is 0 Å². The van der Waals surface area contributed by atoms with Crippen molar-refractivity contribution in [3.05, 3.63) is 65.7 Å². The summed E-state index contributed by atoms with van der Waals surface area (Å²) in [6.07, 6.45) is 5.68. The van der Waals surface area contributed by atoms with Crippen molar-refractivity contribution in [1.82, 2.24) is 16.2 Å². The lowest BCUT2D eigenvalue weighted by atomic mass is 10.1. The number of benzene rings is 2. The van der Waals surface area contributed by atoms with E-state index in [1.807, 2.05) is 6.07 Å². The number of thiocarbonyl (C=S) groups is 1. The molecule has 4 N–H and O–H groups in total. The third-order valence-corrected chi connectivity index (χ3v) is 4.69. The maximum absolute atomic E-state index is 12.2. The molecule has 2 aromatic rings. The Morgan fingerprint density at radius 1 is 0.774 bits per heavy atom. The van der Waals surface area contributed by atoms with E-state index in [1.165, 1.54) is 6.42 Å². The molecule has 0 spiro atoms. The number of amides is 3. The molecule has 0 aliphatic heterocycles. The Balaban J connectivity index is 1.72. The molecule has 0 aliphatic rings. The number of carbonyl (C=O) groups excluding carboxylic acids is 3. The van der Waals surface area contributed by atoms with Crippen LogP contribution in [-0.4, -0.2) is 22.8 Å². The molecule has 0 aliphatic carbocycles. The molecule has 0 heterocycles. The maximum Gasteiger partial charge on any atom is 0.269 e. The Kier molecular flexibility index (Phi) is 10.2. The largest absolute Gasteiger partial charge is 0.322 e. The predicted octanol–water partition coefficient (Wildman–Crippen LogP) is 3.93. The Labute approximate surface area is 188 Å². The lowest BCUT2D eigenvalue weighted by Crippen LogP contribution is -2.48. The predicted molar refractivity (Wildman–Crippen MR) is 126 cm³/mol. The van der Waals surface area contributed by atoms with E-state index in [0.29, 0.717) is 23.2 Å². The second-order valence-electron chi connectivity index (χ2n) is 7.02. The molecule has 0 saturated carbocycles. The fourth-order valence-corrected chi connectivity index (χ4v) is 2.96. The number of hydrazine groups is 1. The highest BCUT2D eigenvalue weighted by Crippen LogP contribution is 2.11. The monoisotopic (exact) mass is 440 g/mol. The zero-order valence-corrected chi connectivity index (χ0v) is 18.4. The Bertz CT molecular complexity index is 885. The molecule has 0 saturated heterocycles. The fraction of sp³-hybridized carbons (Fsp3) is 0.304. The summed E-state index contributed by atoms with van der Waals surface area (Å²) in [5.74, 6) is -0.829. The Hall–Kier alpha value is -3.26.